The average Bonchev–Trinajstić information content (AvgIpc) is 2.18. The summed E-state index contributed by atoms with van der Waals surface area (Å²) in [5.74, 6) is 0.0834. The molecule has 0 unspecified atom stereocenters. The maximum atomic E-state index is 13.8. The van der Waals surface area contributed by atoms with Gasteiger partial charge in [0.1, 0.15) is 5.82 Å². The number of benzene rings is 1. The van der Waals surface area contributed by atoms with Crippen molar-refractivity contribution < 1.29 is 14.3 Å². The SMILES string of the molecule is CC(C)Cc1ccc(F)c(C(C)(C)NC(=O)O)c1. The van der Waals surface area contributed by atoms with Crippen LogP contribution < -0.4 is 5.32 Å². The van der Waals surface area contributed by atoms with Crippen molar-refractivity contribution in [3.63, 3.8) is 0 Å². The van der Waals surface area contributed by atoms with Gasteiger partial charge in [0.25, 0.3) is 0 Å². The molecular weight excluding hydrogens is 233 g/mol. The van der Waals surface area contributed by atoms with Crippen molar-refractivity contribution in [3.05, 3.63) is 35.1 Å². The van der Waals surface area contributed by atoms with E-state index in [1.54, 1.807) is 26.0 Å². The first-order chi connectivity index (χ1) is 8.22. The largest absolute Gasteiger partial charge is 0.465 e. The molecule has 0 atom stereocenters. The summed E-state index contributed by atoms with van der Waals surface area (Å²) >= 11 is 0. The van der Waals surface area contributed by atoms with Crippen LogP contribution in [-0.2, 0) is 12.0 Å². The predicted molar refractivity (Wildman–Crippen MR) is 69.1 cm³/mol. The summed E-state index contributed by atoms with van der Waals surface area (Å²) in [5.41, 5.74) is 0.452. The fourth-order valence-electron chi connectivity index (χ4n) is 1.98. The number of carbonyl (C=O) groups is 1. The molecule has 100 valence electrons. The van der Waals surface area contributed by atoms with Crippen molar-refractivity contribution in [2.24, 2.45) is 5.92 Å². The Morgan fingerprint density at radius 2 is 2.06 bits per heavy atom. The molecule has 0 spiro atoms. The van der Waals surface area contributed by atoms with Crippen LogP contribution in [0.1, 0.15) is 38.8 Å². The van der Waals surface area contributed by atoms with E-state index in [9.17, 15) is 9.18 Å². The Balaban J connectivity index is 3.10. The molecule has 1 amide bonds. The zero-order valence-electron chi connectivity index (χ0n) is 11.2. The van der Waals surface area contributed by atoms with Gasteiger partial charge in [-0.1, -0.05) is 26.0 Å². The quantitative estimate of drug-likeness (QED) is 0.862. The molecule has 1 rings (SSSR count). The topological polar surface area (TPSA) is 49.3 Å². The van der Waals surface area contributed by atoms with Gasteiger partial charge in [-0.2, -0.15) is 0 Å². The zero-order chi connectivity index (χ0) is 13.9. The van der Waals surface area contributed by atoms with Crippen LogP contribution in [-0.4, -0.2) is 11.2 Å². The van der Waals surface area contributed by atoms with Crippen LogP contribution in [0.15, 0.2) is 18.2 Å². The van der Waals surface area contributed by atoms with Crippen molar-refractivity contribution in [3.8, 4) is 0 Å². The Morgan fingerprint density at radius 3 is 2.56 bits per heavy atom. The summed E-state index contributed by atoms with van der Waals surface area (Å²) in [5, 5.41) is 11.1. The molecule has 0 saturated carbocycles. The van der Waals surface area contributed by atoms with Crippen LogP contribution in [0, 0.1) is 11.7 Å². The van der Waals surface area contributed by atoms with E-state index in [1.807, 2.05) is 0 Å². The molecule has 0 fully saturated rings. The summed E-state index contributed by atoms with van der Waals surface area (Å²) in [7, 11) is 0. The lowest BCUT2D eigenvalue weighted by molar-refractivity contribution is 0.181. The Kier molecular flexibility index (Phi) is 4.33. The molecule has 0 bridgehead atoms. The summed E-state index contributed by atoms with van der Waals surface area (Å²) in [6, 6.07) is 4.89. The van der Waals surface area contributed by atoms with Crippen LogP contribution in [0.2, 0.25) is 0 Å². The van der Waals surface area contributed by atoms with E-state index >= 15 is 0 Å². The Bertz CT molecular complexity index is 441. The van der Waals surface area contributed by atoms with Crippen molar-refractivity contribution in [1.29, 1.82) is 0 Å². The molecule has 18 heavy (non-hydrogen) atoms. The number of halogens is 1. The van der Waals surface area contributed by atoms with Crippen LogP contribution in [0.25, 0.3) is 0 Å². The van der Waals surface area contributed by atoms with Gasteiger partial charge >= 0.3 is 6.09 Å². The van der Waals surface area contributed by atoms with E-state index in [0.717, 1.165) is 12.0 Å². The molecule has 1 aromatic carbocycles. The lowest BCUT2D eigenvalue weighted by Gasteiger charge is -2.26. The van der Waals surface area contributed by atoms with Crippen LogP contribution in [0.4, 0.5) is 9.18 Å². The minimum Gasteiger partial charge on any atom is -0.465 e. The molecule has 0 heterocycles. The number of hydrogen-bond acceptors (Lipinski definition) is 1. The lowest BCUT2D eigenvalue weighted by atomic mass is 9.90. The molecule has 0 aliphatic rings. The standard InChI is InChI=1S/C14H20FNO2/c1-9(2)7-10-5-6-12(15)11(8-10)14(3,4)16-13(17)18/h5-6,8-9,16H,7H2,1-4H3,(H,17,18). The molecule has 0 saturated heterocycles. The molecule has 4 heteroatoms. The van der Waals surface area contributed by atoms with Gasteiger partial charge in [-0.15, -0.1) is 0 Å². The van der Waals surface area contributed by atoms with Gasteiger partial charge in [-0.3, -0.25) is 0 Å². The van der Waals surface area contributed by atoms with Crippen molar-refractivity contribution >= 4 is 6.09 Å². The van der Waals surface area contributed by atoms with Gasteiger partial charge in [0.2, 0.25) is 0 Å². The second-order valence-electron chi connectivity index (χ2n) is 5.47. The highest BCUT2D eigenvalue weighted by Gasteiger charge is 2.26. The fraction of sp³-hybridized carbons (Fsp3) is 0.500. The van der Waals surface area contributed by atoms with E-state index in [0.29, 0.717) is 11.5 Å². The van der Waals surface area contributed by atoms with Gasteiger partial charge in [0, 0.05) is 5.56 Å². The number of nitrogens with one attached hydrogen (secondary N) is 1. The zero-order valence-corrected chi connectivity index (χ0v) is 11.2. The minimum atomic E-state index is -1.16. The van der Waals surface area contributed by atoms with Gasteiger partial charge in [0.05, 0.1) is 5.54 Å². The van der Waals surface area contributed by atoms with Gasteiger partial charge in [-0.05, 0) is 37.8 Å². The van der Waals surface area contributed by atoms with Gasteiger partial charge in [-0.25, -0.2) is 9.18 Å². The van der Waals surface area contributed by atoms with E-state index in [2.05, 4.69) is 19.2 Å². The summed E-state index contributed by atoms with van der Waals surface area (Å²) < 4.78 is 13.8. The Labute approximate surface area is 107 Å². The molecule has 0 aliphatic carbocycles. The summed E-state index contributed by atoms with van der Waals surface area (Å²) in [6.45, 7) is 7.48. The summed E-state index contributed by atoms with van der Waals surface area (Å²) in [4.78, 5) is 10.7. The molecule has 0 aromatic heterocycles. The van der Waals surface area contributed by atoms with Crippen molar-refractivity contribution in [1.82, 2.24) is 5.32 Å². The minimum absolute atomic E-state index is 0.378. The number of rotatable bonds is 4. The maximum Gasteiger partial charge on any atom is 0.405 e. The Morgan fingerprint density at radius 1 is 1.44 bits per heavy atom. The highest BCUT2D eigenvalue weighted by Crippen LogP contribution is 2.25. The normalized spacial score (nSPS) is 11.7. The average molecular weight is 253 g/mol. The van der Waals surface area contributed by atoms with Crippen molar-refractivity contribution in [2.45, 2.75) is 39.7 Å². The maximum absolute atomic E-state index is 13.8. The van der Waals surface area contributed by atoms with Crippen LogP contribution in [0.5, 0.6) is 0 Å². The molecular formula is C14H20FNO2. The predicted octanol–water partition coefficient (Wildman–Crippen LogP) is 3.53. The van der Waals surface area contributed by atoms with E-state index < -0.39 is 11.6 Å². The smallest absolute Gasteiger partial charge is 0.405 e. The van der Waals surface area contributed by atoms with E-state index in [4.69, 9.17) is 5.11 Å². The molecule has 1 aromatic rings. The third-order valence-corrected chi connectivity index (χ3v) is 2.77. The molecule has 0 aliphatic heterocycles. The van der Waals surface area contributed by atoms with E-state index in [1.165, 1.54) is 6.07 Å². The first-order valence-electron chi connectivity index (χ1n) is 6.02. The number of carboxylic acid groups (broad SMARTS) is 1. The second-order valence-corrected chi connectivity index (χ2v) is 5.47. The van der Waals surface area contributed by atoms with Crippen molar-refractivity contribution in [2.75, 3.05) is 0 Å². The first-order valence-corrected chi connectivity index (χ1v) is 6.02. The molecule has 0 radical (unpaired) electrons. The molecule has 2 N–H and O–H groups in total. The third-order valence-electron chi connectivity index (χ3n) is 2.77. The molecule has 3 nitrogen and oxygen atoms in total. The van der Waals surface area contributed by atoms with E-state index in [-0.39, 0.29) is 5.82 Å². The summed E-state index contributed by atoms with van der Waals surface area (Å²) in [6.07, 6.45) is -0.315. The monoisotopic (exact) mass is 253 g/mol. The Hall–Kier alpha value is -1.58. The second kappa shape index (κ2) is 5.38. The fourth-order valence-corrected chi connectivity index (χ4v) is 1.98. The highest BCUT2D eigenvalue weighted by atomic mass is 19.1. The van der Waals surface area contributed by atoms with Crippen LogP contribution in [0.3, 0.4) is 0 Å². The first kappa shape index (κ1) is 14.5. The third kappa shape index (κ3) is 3.72. The number of hydrogen-bond donors (Lipinski definition) is 2. The number of amides is 1. The highest BCUT2D eigenvalue weighted by molar-refractivity contribution is 5.66. The lowest BCUT2D eigenvalue weighted by Crippen LogP contribution is -2.40. The van der Waals surface area contributed by atoms with Gasteiger partial charge in [0.15, 0.2) is 0 Å². The van der Waals surface area contributed by atoms with Gasteiger partial charge < -0.3 is 10.4 Å². The van der Waals surface area contributed by atoms with Crippen LogP contribution >= 0.6 is 0 Å².